The minimum atomic E-state index is -0.311. The summed E-state index contributed by atoms with van der Waals surface area (Å²) >= 11 is 0. The number of hydrogen-bond donors (Lipinski definition) is 0. The van der Waals surface area contributed by atoms with Gasteiger partial charge in [-0.1, -0.05) is 6.58 Å². The van der Waals surface area contributed by atoms with Crippen LogP contribution in [0.25, 0.3) is 0 Å². The topological polar surface area (TPSA) is 35.5 Å². The lowest BCUT2D eigenvalue weighted by atomic mass is 9.54. The van der Waals surface area contributed by atoms with E-state index in [1.807, 2.05) is 0 Å². The van der Waals surface area contributed by atoms with Crippen molar-refractivity contribution in [3.05, 3.63) is 12.2 Å². The van der Waals surface area contributed by atoms with Crippen LogP contribution in [-0.4, -0.2) is 24.8 Å². The summed E-state index contributed by atoms with van der Waals surface area (Å²) in [6, 6.07) is 0. The Bertz CT molecular complexity index is 350. The van der Waals surface area contributed by atoms with E-state index < -0.39 is 0 Å². The van der Waals surface area contributed by atoms with Gasteiger partial charge in [-0.05, 0) is 63.2 Å². The number of esters is 1. The lowest BCUT2D eigenvalue weighted by Gasteiger charge is -2.56. The summed E-state index contributed by atoms with van der Waals surface area (Å²) in [6.07, 6.45) is 7.96. The average Bonchev–Trinajstić information content (AvgIpc) is 2.32. The molecule has 0 spiro atoms. The van der Waals surface area contributed by atoms with E-state index in [4.69, 9.17) is 9.47 Å². The first-order valence-electron chi connectivity index (χ1n) is 7.53. The molecule has 19 heavy (non-hydrogen) atoms. The molecule has 4 rings (SSSR count). The highest BCUT2D eigenvalue weighted by molar-refractivity contribution is 5.86. The fourth-order valence-electron chi connectivity index (χ4n) is 4.72. The lowest BCUT2D eigenvalue weighted by Crippen LogP contribution is -2.52. The molecular formula is C16H24O3. The SMILES string of the molecule is C=C(C)C(=O)OCCOC12CC3CC(CC(C3)C1)C2. The number of hydrogen-bond acceptors (Lipinski definition) is 3. The fraction of sp³-hybridized carbons (Fsp3) is 0.812. The van der Waals surface area contributed by atoms with Crippen LogP contribution < -0.4 is 0 Å². The van der Waals surface area contributed by atoms with Crippen molar-refractivity contribution >= 4 is 5.97 Å². The van der Waals surface area contributed by atoms with Gasteiger partial charge in [0.2, 0.25) is 0 Å². The van der Waals surface area contributed by atoms with E-state index >= 15 is 0 Å². The third kappa shape index (κ3) is 2.71. The van der Waals surface area contributed by atoms with E-state index in [1.54, 1.807) is 6.92 Å². The molecule has 0 unspecified atom stereocenters. The van der Waals surface area contributed by atoms with Crippen LogP contribution in [0.4, 0.5) is 0 Å². The summed E-state index contributed by atoms with van der Waals surface area (Å²) in [4.78, 5) is 11.3. The maximum absolute atomic E-state index is 11.3. The minimum Gasteiger partial charge on any atom is -0.460 e. The Morgan fingerprint density at radius 1 is 1.11 bits per heavy atom. The first kappa shape index (κ1) is 13.2. The Kier molecular flexibility index (Phi) is 3.42. The van der Waals surface area contributed by atoms with Gasteiger partial charge in [0.1, 0.15) is 6.61 Å². The maximum Gasteiger partial charge on any atom is 0.333 e. The largest absolute Gasteiger partial charge is 0.460 e. The van der Waals surface area contributed by atoms with E-state index in [1.165, 1.54) is 38.5 Å². The second kappa shape index (κ2) is 4.93. The van der Waals surface area contributed by atoms with Gasteiger partial charge in [-0.2, -0.15) is 0 Å². The first-order valence-corrected chi connectivity index (χ1v) is 7.53. The number of ether oxygens (including phenoxy) is 2. The Morgan fingerprint density at radius 2 is 1.63 bits per heavy atom. The van der Waals surface area contributed by atoms with Crippen LogP contribution in [0.2, 0.25) is 0 Å². The number of rotatable bonds is 5. The van der Waals surface area contributed by atoms with Crippen molar-refractivity contribution in [1.82, 2.24) is 0 Å². The molecule has 0 aromatic carbocycles. The summed E-state index contributed by atoms with van der Waals surface area (Å²) in [5.74, 6) is 2.37. The molecule has 0 radical (unpaired) electrons. The molecule has 4 fully saturated rings. The van der Waals surface area contributed by atoms with Crippen LogP contribution in [0, 0.1) is 17.8 Å². The highest BCUT2D eigenvalue weighted by atomic mass is 16.6. The van der Waals surface area contributed by atoms with Gasteiger partial charge in [-0.3, -0.25) is 0 Å². The predicted molar refractivity (Wildman–Crippen MR) is 72.6 cm³/mol. The van der Waals surface area contributed by atoms with Crippen molar-refractivity contribution in [2.45, 2.75) is 51.0 Å². The van der Waals surface area contributed by atoms with Crippen molar-refractivity contribution in [3.8, 4) is 0 Å². The summed E-state index contributed by atoms with van der Waals surface area (Å²) in [5.41, 5.74) is 0.569. The van der Waals surface area contributed by atoms with Gasteiger partial charge >= 0.3 is 5.97 Å². The van der Waals surface area contributed by atoms with Crippen LogP contribution in [0.15, 0.2) is 12.2 Å². The predicted octanol–water partition coefficient (Wildman–Crippen LogP) is 3.09. The van der Waals surface area contributed by atoms with Crippen molar-refractivity contribution < 1.29 is 14.3 Å². The van der Waals surface area contributed by atoms with Crippen molar-refractivity contribution in [2.24, 2.45) is 17.8 Å². The van der Waals surface area contributed by atoms with Crippen molar-refractivity contribution in [3.63, 3.8) is 0 Å². The number of carbonyl (C=O) groups excluding carboxylic acids is 1. The van der Waals surface area contributed by atoms with Gasteiger partial charge in [0.05, 0.1) is 12.2 Å². The number of carbonyl (C=O) groups is 1. The Morgan fingerprint density at radius 3 is 2.11 bits per heavy atom. The van der Waals surface area contributed by atoms with Crippen LogP contribution >= 0.6 is 0 Å². The molecule has 106 valence electrons. The zero-order chi connectivity index (χ0) is 13.5. The molecular weight excluding hydrogens is 240 g/mol. The Labute approximate surface area is 115 Å². The van der Waals surface area contributed by atoms with E-state index in [9.17, 15) is 4.79 Å². The van der Waals surface area contributed by atoms with Crippen molar-refractivity contribution in [1.29, 1.82) is 0 Å². The summed E-state index contributed by atoms with van der Waals surface area (Å²) in [6.45, 7) is 6.13. The monoisotopic (exact) mass is 264 g/mol. The summed E-state index contributed by atoms with van der Waals surface area (Å²) < 4.78 is 11.3. The Balaban J connectivity index is 1.48. The third-order valence-electron chi connectivity index (χ3n) is 5.06. The lowest BCUT2D eigenvalue weighted by molar-refractivity contribution is -0.172. The zero-order valence-corrected chi connectivity index (χ0v) is 11.8. The third-order valence-corrected chi connectivity index (χ3v) is 5.06. The summed E-state index contributed by atoms with van der Waals surface area (Å²) in [5, 5.41) is 0. The van der Waals surface area contributed by atoms with Gasteiger partial charge in [-0.15, -0.1) is 0 Å². The van der Waals surface area contributed by atoms with E-state index in [0.29, 0.717) is 18.8 Å². The quantitative estimate of drug-likeness (QED) is 0.435. The highest BCUT2D eigenvalue weighted by Gasteiger charge is 2.51. The molecule has 0 atom stereocenters. The van der Waals surface area contributed by atoms with E-state index in [2.05, 4.69) is 6.58 Å². The molecule has 3 heteroatoms. The van der Waals surface area contributed by atoms with Crippen LogP contribution in [-0.2, 0) is 14.3 Å². The molecule has 0 heterocycles. The molecule has 4 aliphatic rings. The minimum absolute atomic E-state index is 0.115. The van der Waals surface area contributed by atoms with Gasteiger partial charge in [-0.25, -0.2) is 4.79 Å². The molecule has 4 bridgehead atoms. The Hall–Kier alpha value is -0.830. The van der Waals surface area contributed by atoms with Gasteiger partial charge in [0.25, 0.3) is 0 Å². The van der Waals surface area contributed by atoms with Crippen molar-refractivity contribution in [2.75, 3.05) is 13.2 Å². The van der Waals surface area contributed by atoms with Gasteiger partial charge in [0.15, 0.2) is 0 Å². The van der Waals surface area contributed by atoms with E-state index in [0.717, 1.165) is 17.8 Å². The molecule has 4 aliphatic carbocycles. The molecule has 0 aliphatic heterocycles. The average molecular weight is 264 g/mol. The maximum atomic E-state index is 11.3. The van der Waals surface area contributed by atoms with Gasteiger partial charge in [0, 0.05) is 5.57 Å². The van der Waals surface area contributed by atoms with Gasteiger partial charge < -0.3 is 9.47 Å². The fourth-order valence-corrected chi connectivity index (χ4v) is 4.72. The van der Waals surface area contributed by atoms with E-state index in [-0.39, 0.29) is 11.6 Å². The second-order valence-electron chi connectivity index (χ2n) is 6.87. The molecule has 0 aromatic rings. The smallest absolute Gasteiger partial charge is 0.333 e. The normalized spacial score (nSPS) is 39.3. The molecule has 0 saturated heterocycles. The van der Waals surface area contributed by atoms with Crippen LogP contribution in [0.5, 0.6) is 0 Å². The van der Waals surface area contributed by atoms with Crippen LogP contribution in [0.3, 0.4) is 0 Å². The summed E-state index contributed by atoms with van der Waals surface area (Å²) in [7, 11) is 0. The first-order chi connectivity index (χ1) is 9.06. The molecule has 0 aromatic heterocycles. The second-order valence-corrected chi connectivity index (χ2v) is 6.87. The zero-order valence-electron chi connectivity index (χ0n) is 11.8. The highest BCUT2D eigenvalue weighted by Crippen LogP contribution is 2.57. The standard InChI is InChI=1S/C16H24O3/c1-11(2)15(17)18-3-4-19-16-8-12-5-13(9-16)7-14(6-12)10-16/h12-14H,1,3-10H2,2H3. The molecule has 3 nitrogen and oxygen atoms in total. The molecule has 4 saturated carbocycles. The molecule has 0 N–H and O–H groups in total. The molecule has 0 amide bonds. The van der Waals surface area contributed by atoms with Crippen LogP contribution in [0.1, 0.15) is 45.4 Å².